The molecule has 2 rings (SSSR count). The number of amides is 2. The summed E-state index contributed by atoms with van der Waals surface area (Å²) in [4.78, 5) is 13.6. The van der Waals surface area contributed by atoms with Gasteiger partial charge >= 0.3 is 6.03 Å². The van der Waals surface area contributed by atoms with E-state index < -0.39 is 0 Å². The van der Waals surface area contributed by atoms with E-state index in [0.717, 1.165) is 13.0 Å². The Kier molecular flexibility index (Phi) is 3.25. The molecule has 0 radical (unpaired) electrons. The summed E-state index contributed by atoms with van der Waals surface area (Å²) in [6.07, 6.45) is 2.63. The number of hydrogen-bond acceptors (Lipinski definition) is 1. The molecule has 0 fully saturated rings. The Balaban J connectivity index is 2.02. The van der Waals surface area contributed by atoms with Crippen molar-refractivity contribution >= 4 is 6.03 Å². The number of rotatable bonds is 2. The van der Waals surface area contributed by atoms with Crippen LogP contribution in [0.2, 0.25) is 0 Å². The maximum Gasteiger partial charge on any atom is 0.317 e. The Hall–Kier alpha value is -1.77. The minimum absolute atomic E-state index is 0.00518. The highest BCUT2D eigenvalue weighted by Gasteiger charge is 2.19. The first-order valence-corrected chi connectivity index (χ1v) is 5.51. The van der Waals surface area contributed by atoms with E-state index in [2.05, 4.69) is 24.0 Å². The van der Waals surface area contributed by atoms with Crippen LogP contribution in [-0.4, -0.2) is 24.0 Å². The predicted octanol–water partition coefficient (Wildman–Crippen LogP) is 1.94. The van der Waals surface area contributed by atoms with Gasteiger partial charge < -0.3 is 10.2 Å². The molecule has 2 amide bonds. The highest BCUT2D eigenvalue weighted by Crippen LogP contribution is 2.18. The first-order valence-electron chi connectivity index (χ1n) is 5.51. The molecular weight excluding hydrogens is 200 g/mol. The number of nitrogens with one attached hydrogen (secondary N) is 1. The molecule has 84 valence electrons. The second kappa shape index (κ2) is 4.84. The lowest BCUT2D eigenvalue weighted by Gasteiger charge is -2.28. The topological polar surface area (TPSA) is 32.3 Å². The number of benzene rings is 1. The minimum Gasteiger partial charge on any atom is -0.335 e. The van der Waals surface area contributed by atoms with E-state index in [0.29, 0.717) is 13.1 Å². The summed E-state index contributed by atoms with van der Waals surface area (Å²) in [5, 5.41) is 2.80. The molecule has 0 atom stereocenters. The number of nitrogens with zero attached hydrogens (tertiary/aromatic N) is 1. The first-order chi connectivity index (χ1) is 7.81. The quantitative estimate of drug-likeness (QED) is 0.753. The van der Waals surface area contributed by atoms with Crippen LogP contribution in [0, 0.1) is 0 Å². The highest BCUT2D eigenvalue weighted by atomic mass is 16.2. The predicted molar refractivity (Wildman–Crippen MR) is 64.2 cm³/mol. The van der Waals surface area contributed by atoms with Gasteiger partial charge in [-0.2, -0.15) is 0 Å². The standard InChI is InChI=1S/C13H16N2O/c1-2-8-14-13(16)15-9-7-11-5-3-4-6-12(11)10-15/h2-6H,1,7-10H2,(H,14,16). The first kappa shape index (κ1) is 10.7. The van der Waals surface area contributed by atoms with Crippen LogP contribution < -0.4 is 5.32 Å². The zero-order valence-electron chi connectivity index (χ0n) is 9.28. The van der Waals surface area contributed by atoms with Crippen LogP contribution >= 0.6 is 0 Å². The van der Waals surface area contributed by atoms with Gasteiger partial charge in [-0.15, -0.1) is 6.58 Å². The van der Waals surface area contributed by atoms with E-state index >= 15 is 0 Å². The van der Waals surface area contributed by atoms with Crippen molar-refractivity contribution in [2.24, 2.45) is 0 Å². The van der Waals surface area contributed by atoms with Crippen molar-refractivity contribution in [1.82, 2.24) is 10.2 Å². The zero-order valence-corrected chi connectivity index (χ0v) is 9.28. The maximum atomic E-state index is 11.7. The Morgan fingerprint density at radius 3 is 2.94 bits per heavy atom. The molecule has 0 unspecified atom stereocenters. The molecule has 0 spiro atoms. The van der Waals surface area contributed by atoms with Gasteiger partial charge in [0.25, 0.3) is 0 Å². The summed E-state index contributed by atoms with van der Waals surface area (Å²) < 4.78 is 0. The fraction of sp³-hybridized carbons (Fsp3) is 0.308. The van der Waals surface area contributed by atoms with Crippen LogP contribution in [0.15, 0.2) is 36.9 Å². The monoisotopic (exact) mass is 216 g/mol. The number of urea groups is 1. The van der Waals surface area contributed by atoms with E-state index in [1.807, 2.05) is 17.0 Å². The normalized spacial score (nSPS) is 14.1. The number of hydrogen-bond donors (Lipinski definition) is 1. The van der Waals surface area contributed by atoms with Crippen molar-refractivity contribution in [3.05, 3.63) is 48.0 Å². The van der Waals surface area contributed by atoms with E-state index in [1.54, 1.807) is 6.08 Å². The average molecular weight is 216 g/mol. The largest absolute Gasteiger partial charge is 0.335 e. The molecule has 0 aliphatic carbocycles. The van der Waals surface area contributed by atoms with Crippen LogP contribution in [-0.2, 0) is 13.0 Å². The SMILES string of the molecule is C=CCNC(=O)N1CCc2ccccc2C1. The molecule has 0 aromatic heterocycles. The van der Waals surface area contributed by atoms with E-state index in [9.17, 15) is 4.79 Å². The molecule has 16 heavy (non-hydrogen) atoms. The van der Waals surface area contributed by atoms with E-state index in [1.165, 1.54) is 11.1 Å². The summed E-state index contributed by atoms with van der Waals surface area (Å²) in [6, 6.07) is 8.28. The van der Waals surface area contributed by atoms with E-state index in [4.69, 9.17) is 0 Å². The molecule has 1 aliphatic rings. The summed E-state index contributed by atoms with van der Waals surface area (Å²) in [5.74, 6) is 0. The highest BCUT2D eigenvalue weighted by molar-refractivity contribution is 5.74. The van der Waals surface area contributed by atoms with Gasteiger partial charge in [-0.25, -0.2) is 4.79 Å². The zero-order chi connectivity index (χ0) is 11.4. The number of carbonyl (C=O) groups is 1. The number of carbonyl (C=O) groups excluding carboxylic acids is 1. The Bertz CT molecular complexity index is 401. The van der Waals surface area contributed by atoms with Crippen molar-refractivity contribution in [3.8, 4) is 0 Å². The number of fused-ring (bicyclic) bond motifs is 1. The Labute approximate surface area is 95.8 Å². The van der Waals surface area contributed by atoms with E-state index in [-0.39, 0.29) is 6.03 Å². The third-order valence-corrected chi connectivity index (χ3v) is 2.82. The van der Waals surface area contributed by atoms with Gasteiger partial charge in [0.2, 0.25) is 0 Å². The van der Waals surface area contributed by atoms with Crippen molar-refractivity contribution in [3.63, 3.8) is 0 Å². The third kappa shape index (κ3) is 2.24. The molecule has 1 aromatic carbocycles. The van der Waals surface area contributed by atoms with Crippen LogP contribution in [0.25, 0.3) is 0 Å². The van der Waals surface area contributed by atoms with Crippen molar-refractivity contribution in [2.75, 3.05) is 13.1 Å². The van der Waals surface area contributed by atoms with Gasteiger partial charge in [-0.1, -0.05) is 30.3 Å². The summed E-state index contributed by atoms with van der Waals surface area (Å²) >= 11 is 0. The molecule has 1 aliphatic heterocycles. The molecule has 1 heterocycles. The average Bonchev–Trinajstić information content (AvgIpc) is 2.35. The molecule has 3 nitrogen and oxygen atoms in total. The van der Waals surface area contributed by atoms with Gasteiger partial charge in [0, 0.05) is 19.6 Å². The van der Waals surface area contributed by atoms with Crippen LogP contribution in [0.3, 0.4) is 0 Å². The van der Waals surface area contributed by atoms with Crippen molar-refractivity contribution in [1.29, 1.82) is 0 Å². The Morgan fingerprint density at radius 1 is 1.44 bits per heavy atom. The van der Waals surface area contributed by atoms with Gasteiger partial charge in [0.1, 0.15) is 0 Å². The summed E-state index contributed by atoms with van der Waals surface area (Å²) in [5.41, 5.74) is 2.61. The smallest absolute Gasteiger partial charge is 0.317 e. The van der Waals surface area contributed by atoms with Gasteiger partial charge in [0.05, 0.1) is 0 Å². The van der Waals surface area contributed by atoms with Gasteiger partial charge in [-0.3, -0.25) is 0 Å². The second-order valence-corrected chi connectivity index (χ2v) is 3.91. The molecule has 1 aromatic rings. The third-order valence-electron chi connectivity index (χ3n) is 2.82. The molecular formula is C13H16N2O. The summed E-state index contributed by atoms with van der Waals surface area (Å²) in [6.45, 7) is 5.60. The maximum absolute atomic E-state index is 11.7. The molecule has 3 heteroatoms. The summed E-state index contributed by atoms with van der Waals surface area (Å²) in [7, 11) is 0. The Morgan fingerprint density at radius 2 is 2.19 bits per heavy atom. The lowest BCUT2D eigenvalue weighted by molar-refractivity contribution is 0.193. The van der Waals surface area contributed by atoms with Gasteiger partial charge in [-0.05, 0) is 17.5 Å². The van der Waals surface area contributed by atoms with Crippen LogP contribution in [0.5, 0.6) is 0 Å². The fourth-order valence-electron chi connectivity index (χ4n) is 1.94. The minimum atomic E-state index is -0.00518. The van der Waals surface area contributed by atoms with Crippen molar-refractivity contribution < 1.29 is 4.79 Å². The lowest BCUT2D eigenvalue weighted by atomic mass is 10.0. The molecule has 0 saturated heterocycles. The molecule has 1 N–H and O–H groups in total. The van der Waals surface area contributed by atoms with Crippen LogP contribution in [0.1, 0.15) is 11.1 Å². The lowest BCUT2D eigenvalue weighted by Crippen LogP contribution is -2.42. The van der Waals surface area contributed by atoms with Gasteiger partial charge in [0.15, 0.2) is 0 Å². The second-order valence-electron chi connectivity index (χ2n) is 3.91. The molecule has 0 bridgehead atoms. The fourth-order valence-corrected chi connectivity index (χ4v) is 1.94. The van der Waals surface area contributed by atoms with Crippen molar-refractivity contribution in [2.45, 2.75) is 13.0 Å². The molecule has 0 saturated carbocycles. The van der Waals surface area contributed by atoms with Crippen LogP contribution in [0.4, 0.5) is 4.79 Å².